The highest BCUT2D eigenvalue weighted by atomic mass is 32.2. The topological polar surface area (TPSA) is 103 Å². The van der Waals surface area contributed by atoms with E-state index in [0.29, 0.717) is 64.4 Å². The third kappa shape index (κ3) is 10.3. The van der Waals surface area contributed by atoms with Gasteiger partial charge in [0, 0.05) is 13.2 Å². The van der Waals surface area contributed by atoms with E-state index in [0.717, 1.165) is 21.3 Å². The molecule has 1 rings (SSSR count). The van der Waals surface area contributed by atoms with Gasteiger partial charge in [-0.25, -0.2) is 0 Å². The van der Waals surface area contributed by atoms with Crippen molar-refractivity contribution < 1.29 is 28.4 Å². The molecule has 0 aliphatic heterocycles. The van der Waals surface area contributed by atoms with Crippen molar-refractivity contribution in [3.8, 4) is 23.6 Å². The van der Waals surface area contributed by atoms with E-state index in [4.69, 9.17) is 28.4 Å². The quantitative estimate of drug-likeness (QED) is 0.183. The number of benzene rings is 1. The summed E-state index contributed by atoms with van der Waals surface area (Å²) in [6, 6.07) is 4.32. The minimum Gasteiger partial charge on any atom is -0.489 e. The number of ether oxygens (including phenoxy) is 6. The van der Waals surface area contributed by atoms with Gasteiger partial charge in [-0.05, 0) is 25.4 Å². The van der Waals surface area contributed by atoms with Crippen LogP contribution in [0, 0.1) is 22.7 Å². The molecule has 190 valence electrons. The fourth-order valence-corrected chi connectivity index (χ4v) is 4.80. The molecular weight excluding hydrogens is 476 g/mol. The molecule has 1 aromatic carbocycles. The Labute approximate surface area is 212 Å². The first-order valence-corrected chi connectivity index (χ1v) is 13.5. The summed E-state index contributed by atoms with van der Waals surface area (Å²) in [5, 5.41) is 19.8. The highest BCUT2D eigenvalue weighted by Crippen LogP contribution is 2.48. The maximum atomic E-state index is 9.92. The van der Waals surface area contributed by atoms with Crippen LogP contribution in [-0.2, 0) is 18.9 Å². The number of nitriles is 2. The number of nitrogens with zero attached hydrogens (tertiary/aromatic N) is 2. The van der Waals surface area contributed by atoms with Crippen LogP contribution in [0.1, 0.15) is 38.8 Å². The second-order valence-corrected chi connectivity index (χ2v) is 9.02. The van der Waals surface area contributed by atoms with Gasteiger partial charge in [0.25, 0.3) is 0 Å². The monoisotopic (exact) mass is 512 g/mol. The number of hydrogen-bond donors (Lipinski definition) is 0. The molecule has 0 saturated heterocycles. The summed E-state index contributed by atoms with van der Waals surface area (Å²) in [7, 11) is 0. The summed E-state index contributed by atoms with van der Waals surface area (Å²) < 4.78 is 33.6. The van der Waals surface area contributed by atoms with Crippen molar-refractivity contribution in [2.24, 2.45) is 0 Å². The highest BCUT2D eigenvalue weighted by molar-refractivity contribution is 8.02. The molecule has 1 aromatic rings. The molecule has 0 spiro atoms. The number of thioether (sulfide) groups is 2. The fraction of sp³-hybridized carbons (Fsp3) is 0.667. The third-order valence-corrected chi connectivity index (χ3v) is 6.29. The molecule has 0 aliphatic rings. The maximum absolute atomic E-state index is 9.92. The molecule has 0 aliphatic carbocycles. The van der Waals surface area contributed by atoms with Crippen molar-refractivity contribution in [3.63, 3.8) is 0 Å². The standard InChI is InChI=1S/C24H36N2O6S2/c1-5-27-9-11-29-13-15-31-21-19(17-25)20(18-26)22(24(34-8-4)23(21)33-7-3)32-16-14-30-12-10-28-6-2/h5-16H2,1-4H3. The van der Waals surface area contributed by atoms with E-state index >= 15 is 0 Å². The Bertz CT molecular complexity index is 730. The van der Waals surface area contributed by atoms with Gasteiger partial charge in [-0.3, -0.25) is 0 Å². The van der Waals surface area contributed by atoms with Crippen LogP contribution in [0.15, 0.2) is 9.79 Å². The molecule has 0 fully saturated rings. The Balaban J connectivity index is 3.10. The van der Waals surface area contributed by atoms with Crippen molar-refractivity contribution in [2.45, 2.75) is 37.5 Å². The van der Waals surface area contributed by atoms with E-state index in [2.05, 4.69) is 12.1 Å². The van der Waals surface area contributed by atoms with Crippen LogP contribution >= 0.6 is 23.5 Å². The molecule has 34 heavy (non-hydrogen) atoms. The minimum atomic E-state index is 0.181. The van der Waals surface area contributed by atoms with Gasteiger partial charge in [0.05, 0.1) is 49.4 Å². The molecule has 0 saturated carbocycles. The van der Waals surface area contributed by atoms with Crippen molar-refractivity contribution in [1.29, 1.82) is 10.5 Å². The predicted octanol–water partition coefficient (Wildman–Crippen LogP) is 4.52. The largest absolute Gasteiger partial charge is 0.489 e. The summed E-state index contributed by atoms with van der Waals surface area (Å²) in [4.78, 5) is 1.62. The van der Waals surface area contributed by atoms with E-state index in [1.807, 2.05) is 27.7 Å². The van der Waals surface area contributed by atoms with Gasteiger partial charge in [-0.15, -0.1) is 23.5 Å². The lowest BCUT2D eigenvalue weighted by molar-refractivity contribution is 0.0393. The predicted molar refractivity (Wildman–Crippen MR) is 134 cm³/mol. The van der Waals surface area contributed by atoms with E-state index in [1.165, 1.54) is 0 Å². The van der Waals surface area contributed by atoms with Gasteiger partial charge in [0.1, 0.15) is 36.5 Å². The third-order valence-electron chi connectivity index (χ3n) is 4.22. The van der Waals surface area contributed by atoms with Gasteiger partial charge in [0.15, 0.2) is 11.5 Å². The van der Waals surface area contributed by atoms with Crippen LogP contribution in [0.4, 0.5) is 0 Å². The van der Waals surface area contributed by atoms with E-state index in [9.17, 15) is 10.5 Å². The van der Waals surface area contributed by atoms with E-state index in [-0.39, 0.29) is 24.3 Å². The molecular formula is C24H36N2O6S2. The zero-order valence-electron chi connectivity index (χ0n) is 20.6. The molecule has 8 nitrogen and oxygen atoms in total. The highest BCUT2D eigenvalue weighted by Gasteiger charge is 2.27. The average Bonchev–Trinajstić information content (AvgIpc) is 2.85. The molecule has 0 amide bonds. The molecule has 0 heterocycles. The summed E-state index contributed by atoms with van der Waals surface area (Å²) in [5.41, 5.74) is 0.362. The van der Waals surface area contributed by atoms with Gasteiger partial charge in [-0.2, -0.15) is 10.5 Å². The minimum absolute atomic E-state index is 0.181. The lowest BCUT2D eigenvalue weighted by atomic mass is 10.1. The van der Waals surface area contributed by atoms with Crippen molar-refractivity contribution >= 4 is 23.5 Å². The summed E-state index contributed by atoms with van der Waals surface area (Å²) in [5.74, 6) is 2.37. The van der Waals surface area contributed by atoms with Crippen LogP contribution in [0.5, 0.6) is 11.5 Å². The molecule has 10 heteroatoms. The normalized spacial score (nSPS) is 10.6. The molecule has 0 N–H and O–H groups in total. The molecule has 0 atom stereocenters. The molecule has 0 bridgehead atoms. The Morgan fingerprint density at radius 3 is 1.24 bits per heavy atom. The Hall–Kier alpha value is -1.66. The zero-order valence-corrected chi connectivity index (χ0v) is 22.3. The van der Waals surface area contributed by atoms with E-state index in [1.54, 1.807) is 23.5 Å². The SMILES string of the molecule is CCOCCOCCOc1c(C#N)c(C#N)c(OCCOCCOCC)c(SCC)c1SCC. The van der Waals surface area contributed by atoms with Crippen LogP contribution in [0.2, 0.25) is 0 Å². The van der Waals surface area contributed by atoms with Crippen molar-refractivity contribution in [3.05, 3.63) is 11.1 Å². The molecule has 0 aromatic heterocycles. The fourth-order valence-electron chi connectivity index (χ4n) is 2.83. The van der Waals surface area contributed by atoms with Gasteiger partial charge in [-0.1, -0.05) is 13.8 Å². The van der Waals surface area contributed by atoms with Crippen molar-refractivity contribution in [1.82, 2.24) is 0 Å². The van der Waals surface area contributed by atoms with Gasteiger partial charge < -0.3 is 28.4 Å². The van der Waals surface area contributed by atoms with Crippen LogP contribution < -0.4 is 9.47 Å². The maximum Gasteiger partial charge on any atom is 0.153 e. The second kappa shape index (κ2) is 19.6. The molecule has 0 radical (unpaired) electrons. The second-order valence-electron chi connectivity index (χ2n) is 6.47. The summed E-state index contributed by atoms with van der Waals surface area (Å²) >= 11 is 3.13. The molecule has 0 unspecified atom stereocenters. The van der Waals surface area contributed by atoms with E-state index < -0.39 is 0 Å². The summed E-state index contributed by atoms with van der Waals surface area (Å²) in [6.45, 7) is 12.4. The lowest BCUT2D eigenvalue weighted by Gasteiger charge is -2.21. The van der Waals surface area contributed by atoms with Crippen molar-refractivity contribution in [2.75, 3.05) is 77.6 Å². The zero-order chi connectivity index (χ0) is 25.0. The number of rotatable bonds is 20. The first-order valence-electron chi connectivity index (χ1n) is 11.6. The first kappa shape index (κ1) is 30.4. The Morgan fingerprint density at radius 1 is 0.559 bits per heavy atom. The smallest absolute Gasteiger partial charge is 0.153 e. The average molecular weight is 513 g/mol. The first-order chi connectivity index (χ1) is 16.7. The van der Waals surface area contributed by atoms with Gasteiger partial charge >= 0.3 is 0 Å². The van der Waals surface area contributed by atoms with Crippen LogP contribution in [-0.4, -0.2) is 77.6 Å². The Kier molecular flexibility index (Phi) is 17.5. The summed E-state index contributed by atoms with van der Waals surface area (Å²) in [6.07, 6.45) is 0. The Morgan fingerprint density at radius 2 is 0.912 bits per heavy atom. The van der Waals surface area contributed by atoms with Crippen LogP contribution in [0.3, 0.4) is 0 Å². The number of hydrogen-bond acceptors (Lipinski definition) is 10. The van der Waals surface area contributed by atoms with Crippen LogP contribution in [0.25, 0.3) is 0 Å². The lowest BCUT2D eigenvalue weighted by Crippen LogP contribution is -2.14. The van der Waals surface area contributed by atoms with Gasteiger partial charge in [0.2, 0.25) is 0 Å².